The van der Waals surface area contributed by atoms with Gasteiger partial charge >= 0.3 is 0 Å². The Hall–Kier alpha value is -1.94. The standard InChI is InChI=1S/C16H16N2OS/c1-11-10-18(16(19)12-5-3-2-4-6-12)14-9-13(17)7-8-15(14)20-11/h2-9,11H,10,17H2,1H3. The van der Waals surface area contributed by atoms with Crippen LogP contribution in [0, 0.1) is 0 Å². The van der Waals surface area contributed by atoms with E-state index >= 15 is 0 Å². The van der Waals surface area contributed by atoms with Crippen molar-refractivity contribution in [2.75, 3.05) is 17.2 Å². The number of hydrogen-bond acceptors (Lipinski definition) is 3. The Morgan fingerprint density at radius 1 is 1.25 bits per heavy atom. The third-order valence-corrected chi connectivity index (χ3v) is 4.46. The van der Waals surface area contributed by atoms with Gasteiger partial charge < -0.3 is 10.6 Å². The molecule has 0 spiro atoms. The van der Waals surface area contributed by atoms with Crippen LogP contribution in [0.3, 0.4) is 0 Å². The zero-order chi connectivity index (χ0) is 14.1. The molecule has 0 radical (unpaired) electrons. The number of hydrogen-bond donors (Lipinski definition) is 1. The highest BCUT2D eigenvalue weighted by molar-refractivity contribution is 8.00. The quantitative estimate of drug-likeness (QED) is 0.816. The average molecular weight is 284 g/mol. The van der Waals surface area contributed by atoms with Crippen LogP contribution < -0.4 is 10.6 Å². The Bertz CT molecular complexity index is 642. The molecule has 1 aliphatic rings. The minimum absolute atomic E-state index is 0.0320. The van der Waals surface area contributed by atoms with Gasteiger partial charge in [-0.05, 0) is 30.3 Å². The van der Waals surface area contributed by atoms with E-state index in [2.05, 4.69) is 6.92 Å². The van der Waals surface area contributed by atoms with Crippen LogP contribution in [0.5, 0.6) is 0 Å². The first-order chi connectivity index (χ1) is 9.65. The van der Waals surface area contributed by atoms with Gasteiger partial charge in [-0.3, -0.25) is 4.79 Å². The molecule has 3 rings (SSSR count). The molecule has 2 aromatic rings. The van der Waals surface area contributed by atoms with E-state index in [1.165, 1.54) is 0 Å². The van der Waals surface area contributed by atoms with Crippen LogP contribution in [0.1, 0.15) is 17.3 Å². The molecule has 1 amide bonds. The van der Waals surface area contributed by atoms with Crippen LogP contribution in [0.2, 0.25) is 0 Å². The number of carbonyl (C=O) groups is 1. The van der Waals surface area contributed by atoms with E-state index in [1.54, 1.807) is 11.8 Å². The van der Waals surface area contributed by atoms with E-state index in [-0.39, 0.29) is 5.91 Å². The number of amides is 1. The molecule has 102 valence electrons. The highest BCUT2D eigenvalue weighted by Gasteiger charge is 2.27. The first kappa shape index (κ1) is 13.1. The zero-order valence-corrected chi connectivity index (χ0v) is 12.1. The molecule has 0 aliphatic carbocycles. The summed E-state index contributed by atoms with van der Waals surface area (Å²) in [6, 6.07) is 15.1. The number of nitrogen functional groups attached to an aromatic ring is 1. The molecule has 0 fully saturated rings. The number of fused-ring (bicyclic) bond motifs is 1. The van der Waals surface area contributed by atoms with Crippen molar-refractivity contribution < 1.29 is 4.79 Å². The topological polar surface area (TPSA) is 46.3 Å². The van der Waals surface area contributed by atoms with Crippen molar-refractivity contribution in [1.82, 2.24) is 0 Å². The Kier molecular flexibility index (Phi) is 3.40. The molecule has 1 atom stereocenters. The van der Waals surface area contributed by atoms with Crippen LogP contribution in [0.4, 0.5) is 11.4 Å². The summed E-state index contributed by atoms with van der Waals surface area (Å²) in [6.45, 7) is 2.84. The Morgan fingerprint density at radius 3 is 2.75 bits per heavy atom. The number of carbonyl (C=O) groups excluding carboxylic acids is 1. The summed E-state index contributed by atoms with van der Waals surface area (Å²) < 4.78 is 0. The van der Waals surface area contributed by atoms with Gasteiger partial charge in [0.15, 0.2) is 0 Å². The van der Waals surface area contributed by atoms with Crippen LogP contribution in [-0.4, -0.2) is 17.7 Å². The van der Waals surface area contributed by atoms with Crippen molar-refractivity contribution >= 4 is 29.0 Å². The molecule has 0 bridgehead atoms. The average Bonchev–Trinajstić information content (AvgIpc) is 2.47. The number of thioether (sulfide) groups is 1. The van der Waals surface area contributed by atoms with Gasteiger partial charge in [-0.25, -0.2) is 0 Å². The monoisotopic (exact) mass is 284 g/mol. The smallest absolute Gasteiger partial charge is 0.258 e. The van der Waals surface area contributed by atoms with Gasteiger partial charge in [-0.15, -0.1) is 11.8 Å². The molecule has 0 saturated heterocycles. The van der Waals surface area contributed by atoms with Crippen LogP contribution in [0.25, 0.3) is 0 Å². The lowest BCUT2D eigenvalue weighted by Gasteiger charge is -2.33. The summed E-state index contributed by atoms with van der Waals surface area (Å²) in [6.07, 6.45) is 0. The fourth-order valence-corrected chi connectivity index (χ4v) is 3.48. The lowest BCUT2D eigenvalue weighted by Crippen LogP contribution is -2.38. The van der Waals surface area contributed by atoms with Crippen molar-refractivity contribution in [3.8, 4) is 0 Å². The van der Waals surface area contributed by atoms with Crippen LogP contribution in [0.15, 0.2) is 53.4 Å². The van der Waals surface area contributed by atoms with Crippen LogP contribution in [-0.2, 0) is 0 Å². The molecule has 2 aromatic carbocycles. The maximum absolute atomic E-state index is 12.7. The molecular weight excluding hydrogens is 268 g/mol. The molecule has 0 saturated carbocycles. The molecule has 20 heavy (non-hydrogen) atoms. The fraction of sp³-hybridized carbons (Fsp3) is 0.188. The SMILES string of the molecule is CC1CN(C(=O)c2ccccc2)c2cc(N)ccc2S1. The molecule has 1 unspecified atom stereocenters. The second-order valence-corrected chi connectivity index (χ2v) is 6.42. The molecule has 1 aliphatic heterocycles. The summed E-state index contributed by atoms with van der Waals surface area (Å²) in [5, 5.41) is 0.374. The summed E-state index contributed by atoms with van der Waals surface area (Å²) in [7, 11) is 0. The lowest BCUT2D eigenvalue weighted by atomic mass is 10.1. The Morgan fingerprint density at radius 2 is 2.00 bits per heavy atom. The first-order valence-corrected chi connectivity index (χ1v) is 7.46. The molecule has 0 aromatic heterocycles. The van der Waals surface area contributed by atoms with Crippen molar-refractivity contribution in [3.63, 3.8) is 0 Å². The van der Waals surface area contributed by atoms with Crippen molar-refractivity contribution in [3.05, 3.63) is 54.1 Å². The zero-order valence-electron chi connectivity index (χ0n) is 11.2. The van der Waals surface area contributed by atoms with Gasteiger partial charge in [0, 0.05) is 27.9 Å². The lowest BCUT2D eigenvalue weighted by molar-refractivity contribution is 0.0986. The number of nitrogens with zero attached hydrogens (tertiary/aromatic N) is 1. The third-order valence-electron chi connectivity index (χ3n) is 3.31. The number of anilines is 2. The normalized spacial score (nSPS) is 17.6. The van der Waals surface area contributed by atoms with E-state index in [4.69, 9.17) is 5.73 Å². The third kappa shape index (κ3) is 2.39. The summed E-state index contributed by atoms with van der Waals surface area (Å²) in [4.78, 5) is 15.6. The van der Waals surface area contributed by atoms with E-state index in [1.807, 2.05) is 53.4 Å². The molecule has 4 heteroatoms. The minimum Gasteiger partial charge on any atom is -0.399 e. The largest absolute Gasteiger partial charge is 0.399 e. The highest BCUT2D eigenvalue weighted by Crippen LogP contribution is 2.40. The Labute approximate surface area is 122 Å². The van der Waals surface area contributed by atoms with Gasteiger partial charge in [-0.2, -0.15) is 0 Å². The van der Waals surface area contributed by atoms with E-state index in [0.29, 0.717) is 23.0 Å². The molecule has 3 nitrogen and oxygen atoms in total. The van der Waals surface area contributed by atoms with Gasteiger partial charge in [0.05, 0.1) is 5.69 Å². The number of benzene rings is 2. The van der Waals surface area contributed by atoms with Crippen molar-refractivity contribution in [2.24, 2.45) is 0 Å². The van der Waals surface area contributed by atoms with E-state index in [9.17, 15) is 4.79 Å². The minimum atomic E-state index is 0.0320. The summed E-state index contributed by atoms with van der Waals surface area (Å²) >= 11 is 1.79. The highest BCUT2D eigenvalue weighted by atomic mass is 32.2. The maximum atomic E-state index is 12.7. The van der Waals surface area contributed by atoms with Gasteiger partial charge in [0.25, 0.3) is 5.91 Å². The van der Waals surface area contributed by atoms with Gasteiger partial charge in [0.1, 0.15) is 0 Å². The molecule has 2 N–H and O–H groups in total. The number of rotatable bonds is 1. The van der Waals surface area contributed by atoms with Gasteiger partial charge in [0.2, 0.25) is 0 Å². The summed E-state index contributed by atoms with van der Waals surface area (Å²) in [5.74, 6) is 0.0320. The molecular formula is C16H16N2OS. The van der Waals surface area contributed by atoms with Crippen LogP contribution >= 0.6 is 11.8 Å². The van der Waals surface area contributed by atoms with Crippen molar-refractivity contribution in [2.45, 2.75) is 17.1 Å². The first-order valence-electron chi connectivity index (χ1n) is 6.58. The van der Waals surface area contributed by atoms with E-state index in [0.717, 1.165) is 10.6 Å². The van der Waals surface area contributed by atoms with Crippen molar-refractivity contribution in [1.29, 1.82) is 0 Å². The van der Waals surface area contributed by atoms with Gasteiger partial charge in [-0.1, -0.05) is 25.1 Å². The second-order valence-electron chi connectivity index (χ2n) is 4.94. The predicted octanol–water partition coefficient (Wildman–Crippen LogP) is 3.41. The molecule has 1 heterocycles. The fourth-order valence-electron chi connectivity index (χ4n) is 2.38. The second kappa shape index (κ2) is 5.21. The summed E-state index contributed by atoms with van der Waals surface area (Å²) in [5.41, 5.74) is 8.18. The maximum Gasteiger partial charge on any atom is 0.258 e. The van der Waals surface area contributed by atoms with E-state index < -0.39 is 0 Å². The Balaban J connectivity index is 2.02. The predicted molar refractivity (Wildman–Crippen MR) is 84.3 cm³/mol. The number of nitrogens with two attached hydrogens (primary N) is 1.